The molecule has 0 aromatic heterocycles. The Morgan fingerprint density at radius 3 is 1.71 bits per heavy atom. The molecular formula is C32H29NS2. The van der Waals surface area contributed by atoms with E-state index in [0.29, 0.717) is 5.25 Å². The lowest BCUT2D eigenvalue weighted by Gasteiger charge is -2.60. The highest BCUT2D eigenvalue weighted by Crippen LogP contribution is 2.64. The van der Waals surface area contributed by atoms with Crippen LogP contribution in [0.1, 0.15) is 47.2 Å². The van der Waals surface area contributed by atoms with E-state index in [9.17, 15) is 0 Å². The van der Waals surface area contributed by atoms with Crippen LogP contribution in [-0.2, 0) is 16.6 Å². The standard InChI is InChI=1S/C32H29NS2/c1-31-25-17-9-11-19-27(25)32(2,28-20-12-10-18-26(28)31)30(35-34-22-24-15-7-4-8-16-24)29(31)33-21-23-13-5-3-6-14-23/h3-21,29-30H,22H2,1-2H3. The maximum atomic E-state index is 5.40. The average molecular weight is 492 g/mol. The fraction of sp³-hybridized carbons (Fsp3) is 0.219. The maximum absolute atomic E-state index is 5.40. The lowest BCUT2D eigenvalue weighted by Crippen LogP contribution is -2.62. The monoisotopic (exact) mass is 491 g/mol. The molecule has 0 aliphatic heterocycles. The summed E-state index contributed by atoms with van der Waals surface area (Å²) in [5.74, 6) is 0.993. The summed E-state index contributed by atoms with van der Waals surface area (Å²) in [6.45, 7) is 4.88. The fourth-order valence-corrected chi connectivity index (χ4v) is 9.53. The van der Waals surface area contributed by atoms with Gasteiger partial charge >= 0.3 is 0 Å². The van der Waals surface area contributed by atoms with Crippen LogP contribution in [0.3, 0.4) is 0 Å². The first-order valence-electron chi connectivity index (χ1n) is 12.2. The highest BCUT2D eigenvalue weighted by atomic mass is 33.1. The molecule has 2 unspecified atom stereocenters. The van der Waals surface area contributed by atoms with Crippen LogP contribution in [0.25, 0.3) is 0 Å². The molecule has 2 bridgehead atoms. The Kier molecular flexibility index (Phi) is 5.86. The Balaban J connectivity index is 1.48. The average Bonchev–Trinajstić information content (AvgIpc) is 2.92. The van der Waals surface area contributed by atoms with Gasteiger partial charge in [0.25, 0.3) is 0 Å². The molecule has 0 saturated carbocycles. The largest absolute Gasteiger partial charge is 0.287 e. The van der Waals surface area contributed by atoms with Crippen LogP contribution in [0.15, 0.2) is 114 Å². The van der Waals surface area contributed by atoms with E-state index in [1.54, 1.807) is 0 Å². The second-order valence-electron chi connectivity index (χ2n) is 9.89. The topological polar surface area (TPSA) is 12.4 Å². The van der Waals surface area contributed by atoms with Crippen molar-refractivity contribution in [1.82, 2.24) is 0 Å². The second kappa shape index (κ2) is 9.04. The Hall–Kier alpha value is -2.75. The molecule has 0 spiro atoms. The van der Waals surface area contributed by atoms with Gasteiger partial charge in [0.1, 0.15) is 0 Å². The third-order valence-electron chi connectivity index (χ3n) is 7.96. The molecule has 174 valence electrons. The molecule has 1 nitrogen and oxygen atoms in total. The molecule has 0 fully saturated rings. The van der Waals surface area contributed by atoms with Crippen molar-refractivity contribution in [3.8, 4) is 0 Å². The van der Waals surface area contributed by atoms with E-state index in [0.717, 1.165) is 11.3 Å². The molecule has 0 N–H and O–H groups in total. The van der Waals surface area contributed by atoms with Gasteiger partial charge in [-0.15, -0.1) is 0 Å². The molecule has 3 aliphatic carbocycles. The molecule has 4 aromatic rings. The number of rotatable bonds is 6. The van der Waals surface area contributed by atoms with Crippen molar-refractivity contribution in [1.29, 1.82) is 0 Å². The van der Waals surface area contributed by atoms with Gasteiger partial charge in [0, 0.05) is 22.8 Å². The third-order valence-corrected chi connectivity index (χ3v) is 10.9. The predicted molar refractivity (Wildman–Crippen MR) is 153 cm³/mol. The van der Waals surface area contributed by atoms with E-state index in [4.69, 9.17) is 4.99 Å². The number of nitrogens with zero attached hydrogens (tertiary/aromatic N) is 1. The van der Waals surface area contributed by atoms with Crippen molar-refractivity contribution in [2.24, 2.45) is 4.99 Å². The summed E-state index contributed by atoms with van der Waals surface area (Å²) in [4.78, 5) is 5.40. The zero-order valence-electron chi connectivity index (χ0n) is 20.1. The van der Waals surface area contributed by atoms with Crippen LogP contribution in [0.4, 0.5) is 0 Å². The number of benzene rings is 4. The van der Waals surface area contributed by atoms with Gasteiger partial charge in [-0.05, 0) is 40.3 Å². The van der Waals surface area contributed by atoms with Crippen molar-refractivity contribution in [3.63, 3.8) is 0 Å². The lowest BCUT2D eigenvalue weighted by molar-refractivity contribution is 0.295. The van der Waals surface area contributed by atoms with Gasteiger partial charge in [0.05, 0.1) is 11.3 Å². The van der Waals surface area contributed by atoms with Crippen LogP contribution < -0.4 is 0 Å². The molecule has 0 heterocycles. The van der Waals surface area contributed by atoms with E-state index in [-0.39, 0.29) is 16.9 Å². The molecule has 4 aromatic carbocycles. The summed E-state index contributed by atoms with van der Waals surface area (Å²) in [5, 5.41) is 0.311. The van der Waals surface area contributed by atoms with Crippen LogP contribution in [0.5, 0.6) is 0 Å². The van der Waals surface area contributed by atoms with E-state index in [1.165, 1.54) is 27.8 Å². The molecule has 0 radical (unpaired) electrons. The summed E-state index contributed by atoms with van der Waals surface area (Å²) in [5.41, 5.74) is 8.02. The van der Waals surface area contributed by atoms with Gasteiger partial charge < -0.3 is 0 Å². The highest BCUT2D eigenvalue weighted by Gasteiger charge is 2.62. The fourth-order valence-electron chi connectivity index (χ4n) is 6.14. The van der Waals surface area contributed by atoms with E-state index in [2.05, 4.69) is 129 Å². The van der Waals surface area contributed by atoms with E-state index < -0.39 is 0 Å². The van der Waals surface area contributed by atoms with Gasteiger partial charge in [-0.2, -0.15) is 0 Å². The molecule has 7 rings (SSSR count). The van der Waals surface area contributed by atoms with E-state index in [1.807, 2.05) is 21.6 Å². The Morgan fingerprint density at radius 1 is 0.657 bits per heavy atom. The molecule has 3 aliphatic rings. The van der Waals surface area contributed by atoms with Crippen molar-refractivity contribution < 1.29 is 0 Å². The van der Waals surface area contributed by atoms with Crippen molar-refractivity contribution in [2.45, 2.75) is 41.7 Å². The summed E-state index contributed by atoms with van der Waals surface area (Å²) in [7, 11) is 3.99. The number of fused-ring (bicyclic) bond motifs is 1. The first-order chi connectivity index (χ1) is 17.1. The summed E-state index contributed by atoms with van der Waals surface area (Å²) in [6, 6.07) is 39.6. The van der Waals surface area contributed by atoms with Crippen molar-refractivity contribution >= 4 is 27.8 Å². The van der Waals surface area contributed by atoms with Crippen LogP contribution >= 0.6 is 21.6 Å². The Bertz CT molecular complexity index is 1320. The number of hydrogen-bond donors (Lipinski definition) is 0. The number of hydrogen-bond acceptors (Lipinski definition) is 3. The zero-order valence-corrected chi connectivity index (χ0v) is 21.7. The minimum Gasteiger partial charge on any atom is -0.287 e. The summed E-state index contributed by atoms with van der Waals surface area (Å²) < 4.78 is 0. The van der Waals surface area contributed by atoms with Crippen LogP contribution in [0.2, 0.25) is 0 Å². The van der Waals surface area contributed by atoms with Gasteiger partial charge in [0.15, 0.2) is 0 Å². The Morgan fingerprint density at radius 2 is 1.14 bits per heavy atom. The van der Waals surface area contributed by atoms with Gasteiger partial charge in [-0.25, -0.2) is 0 Å². The SMILES string of the molecule is CC12c3ccccc3C(C)(c3ccccc31)C(SSCc1ccccc1)C2N=Cc1ccccc1. The molecule has 3 heteroatoms. The Labute approximate surface area is 216 Å². The van der Waals surface area contributed by atoms with Gasteiger partial charge in [-0.1, -0.05) is 138 Å². The minimum atomic E-state index is -0.179. The zero-order chi connectivity index (χ0) is 23.9. The quantitative estimate of drug-likeness (QED) is 0.200. The second-order valence-corrected chi connectivity index (χ2v) is 12.4. The van der Waals surface area contributed by atoms with E-state index >= 15 is 0 Å². The first kappa shape index (κ1) is 22.7. The van der Waals surface area contributed by atoms with Crippen LogP contribution in [0, 0.1) is 0 Å². The smallest absolute Gasteiger partial charge is 0.0773 e. The molecule has 0 amide bonds. The molecular weight excluding hydrogens is 462 g/mol. The lowest BCUT2D eigenvalue weighted by atomic mass is 9.48. The third kappa shape index (κ3) is 3.59. The maximum Gasteiger partial charge on any atom is 0.0773 e. The van der Waals surface area contributed by atoms with Crippen molar-refractivity contribution in [2.75, 3.05) is 0 Å². The van der Waals surface area contributed by atoms with Gasteiger partial charge in [0.2, 0.25) is 0 Å². The van der Waals surface area contributed by atoms with Gasteiger partial charge in [-0.3, -0.25) is 4.99 Å². The molecule has 35 heavy (non-hydrogen) atoms. The molecule has 2 atom stereocenters. The first-order valence-corrected chi connectivity index (χ1v) is 14.6. The summed E-state index contributed by atoms with van der Waals surface area (Å²) in [6.07, 6.45) is 2.10. The van der Waals surface area contributed by atoms with Crippen LogP contribution in [-0.4, -0.2) is 17.5 Å². The molecule has 0 saturated heterocycles. The predicted octanol–water partition coefficient (Wildman–Crippen LogP) is 8.06. The summed E-state index contributed by atoms with van der Waals surface area (Å²) >= 11 is 0. The number of aliphatic imine (C=N–C) groups is 1. The minimum absolute atomic E-state index is 0.113. The normalized spacial score (nSPS) is 26.5. The highest BCUT2D eigenvalue weighted by molar-refractivity contribution is 8.76. The van der Waals surface area contributed by atoms with Crippen molar-refractivity contribution in [3.05, 3.63) is 143 Å².